The standard InChI is InChI=1S/C18H28N2O3/c1-13(2)17(18(22)19-12-15-8-5-11-23-15)20-16(21)10-9-14-6-3-4-7-14/h5,8,11,13-14,17H,3-4,6-7,9-10,12H2,1-2H3,(H,19,22)(H,20,21). The van der Waals surface area contributed by atoms with Gasteiger partial charge in [-0.3, -0.25) is 9.59 Å². The summed E-state index contributed by atoms with van der Waals surface area (Å²) in [7, 11) is 0. The maximum absolute atomic E-state index is 12.3. The van der Waals surface area contributed by atoms with Crippen molar-refractivity contribution in [2.24, 2.45) is 11.8 Å². The summed E-state index contributed by atoms with van der Waals surface area (Å²) in [5.41, 5.74) is 0. The second-order valence-corrected chi connectivity index (χ2v) is 6.78. The van der Waals surface area contributed by atoms with Crippen molar-refractivity contribution in [2.45, 2.75) is 65.0 Å². The SMILES string of the molecule is CC(C)C(NC(=O)CCC1CCCC1)C(=O)NCc1ccco1. The van der Waals surface area contributed by atoms with Crippen molar-refractivity contribution >= 4 is 11.8 Å². The Morgan fingerprint density at radius 2 is 2.04 bits per heavy atom. The fourth-order valence-corrected chi connectivity index (χ4v) is 3.11. The van der Waals surface area contributed by atoms with Gasteiger partial charge in [-0.1, -0.05) is 39.5 Å². The van der Waals surface area contributed by atoms with E-state index < -0.39 is 6.04 Å². The number of carbonyl (C=O) groups excluding carboxylic acids is 2. The van der Waals surface area contributed by atoms with Gasteiger partial charge < -0.3 is 15.1 Å². The molecule has 2 rings (SSSR count). The number of hydrogen-bond donors (Lipinski definition) is 2. The molecule has 5 heteroatoms. The van der Waals surface area contributed by atoms with E-state index in [0.717, 1.165) is 6.42 Å². The smallest absolute Gasteiger partial charge is 0.243 e. The van der Waals surface area contributed by atoms with Crippen LogP contribution in [0.3, 0.4) is 0 Å². The zero-order valence-electron chi connectivity index (χ0n) is 14.1. The molecule has 1 heterocycles. The molecule has 1 aromatic rings. The molecule has 1 atom stereocenters. The fourth-order valence-electron chi connectivity index (χ4n) is 3.11. The quantitative estimate of drug-likeness (QED) is 0.773. The Morgan fingerprint density at radius 3 is 2.65 bits per heavy atom. The van der Waals surface area contributed by atoms with E-state index in [1.165, 1.54) is 25.7 Å². The molecular formula is C18H28N2O3. The third kappa shape index (κ3) is 5.73. The van der Waals surface area contributed by atoms with Gasteiger partial charge in [0.05, 0.1) is 12.8 Å². The second-order valence-electron chi connectivity index (χ2n) is 6.78. The van der Waals surface area contributed by atoms with E-state index in [4.69, 9.17) is 4.42 Å². The summed E-state index contributed by atoms with van der Waals surface area (Å²) in [5.74, 6) is 1.25. The highest BCUT2D eigenvalue weighted by Crippen LogP contribution is 2.28. The van der Waals surface area contributed by atoms with E-state index in [1.54, 1.807) is 12.3 Å². The normalized spacial score (nSPS) is 16.5. The molecule has 1 aliphatic carbocycles. The molecule has 0 spiro atoms. The Labute approximate surface area is 138 Å². The number of amides is 2. The number of carbonyl (C=O) groups is 2. The predicted molar refractivity (Wildman–Crippen MR) is 88.5 cm³/mol. The fraction of sp³-hybridized carbons (Fsp3) is 0.667. The van der Waals surface area contributed by atoms with Crippen molar-refractivity contribution in [3.8, 4) is 0 Å². The lowest BCUT2D eigenvalue weighted by atomic mass is 10.00. The maximum Gasteiger partial charge on any atom is 0.243 e. The summed E-state index contributed by atoms with van der Waals surface area (Å²) in [6, 6.07) is 3.10. The molecule has 2 amide bonds. The first kappa shape index (κ1) is 17.6. The van der Waals surface area contributed by atoms with Crippen LogP contribution in [0.25, 0.3) is 0 Å². The largest absolute Gasteiger partial charge is 0.467 e. The van der Waals surface area contributed by atoms with Gasteiger partial charge in [0.15, 0.2) is 0 Å². The lowest BCUT2D eigenvalue weighted by Crippen LogP contribution is -2.49. The van der Waals surface area contributed by atoms with Crippen LogP contribution in [0.5, 0.6) is 0 Å². The Morgan fingerprint density at radius 1 is 1.30 bits per heavy atom. The molecule has 5 nitrogen and oxygen atoms in total. The van der Waals surface area contributed by atoms with Crippen LogP contribution < -0.4 is 10.6 Å². The van der Waals surface area contributed by atoms with Crippen LogP contribution in [-0.2, 0) is 16.1 Å². The first-order valence-electron chi connectivity index (χ1n) is 8.65. The van der Waals surface area contributed by atoms with Crippen LogP contribution in [0.2, 0.25) is 0 Å². The minimum Gasteiger partial charge on any atom is -0.467 e. The first-order valence-corrected chi connectivity index (χ1v) is 8.65. The number of hydrogen-bond acceptors (Lipinski definition) is 3. The van der Waals surface area contributed by atoms with Crippen LogP contribution in [0.1, 0.15) is 58.1 Å². The van der Waals surface area contributed by atoms with Gasteiger partial charge in [0.25, 0.3) is 0 Å². The molecule has 1 aromatic heterocycles. The highest BCUT2D eigenvalue weighted by Gasteiger charge is 2.24. The van der Waals surface area contributed by atoms with Crippen molar-refractivity contribution in [2.75, 3.05) is 0 Å². The average molecular weight is 320 g/mol. The second kappa shape index (κ2) is 8.75. The van der Waals surface area contributed by atoms with E-state index in [9.17, 15) is 9.59 Å². The Hall–Kier alpha value is -1.78. The van der Waals surface area contributed by atoms with E-state index in [2.05, 4.69) is 10.6 Å². The van der Waals surface area contributed by atoms with Crippen LogP contribution in [0, 0.1) is 11.8 Å². The third-order valence-electron chi connectivity index (χ3n) is 4.54. The van der Waals surface area contributed by atoms with Gasteiger partial charge in [0.1, 0.15) is 11.8 Å². The van der Waals surface area contributed by atoms with Crippen LogP contribution >= 0.6 is 0 Å². The zero-order valence-corrected chi connectivity index (χ0v) is 14.1. The molecular weight excluding hydrogens is 292 g/mol. The van der Waals surface area contributed by atoms with Crippen LogP contribution in [0.15, 0.2) is 22.8 Å². The highest BCUT2D eigenvalue weighted by atomic mass is 16.3. The predicted octanol–water partition coefficient (Wildman–Crippen LogP) is 3.01. The summed E-state index contributed by atoms with van der Waals surface area (Å²) in [6.07, 6.45) is 8.08. The molecule has 1 saturated carbocycles. The van der Waals surface area contributed by atoms with Gasteiger partial charge in [0, 0.05) is 6.42 Å². The van der Waals surface area contributed by atoms with Crippen LogP contribution in [0.4, 0.5) is 0 Å². The Bertz CT molecular complexity index is 490. The van der Waals surface area contributed by atoms with E-state index in [1.807, 2.05) is 19.9 Å². The van der Waals surface area contributed by atoms with Crippen molar-refractivity contribution in [1.29, 1.82) is 0 Å². The van der Waals surface area contributed by atoms with Crippen molar-refractivity contribution in [1.82, 2.24) is 10.6 Å². The Balaban J connectivity index is 1.77. The molecule has 1 unspecified atom stereocenters. The minimum absolute atomic E-state index is 0.0243. The molecule has 128 valence electrons. The highest BCUT2D eigenvalue weighted by molar-refractivity contribution is 5.87. The van der Waals surface area contributed by atoms with Gasteiger partial charge >= 0.3 is 0 Å². The lowest BCUT2D eigenvalue weighted by Gasteiger charge is -2.22. The molecule has 0 bridgehead atoms. The molecule has 1 fully saturated rings. The van der Waals surface area contributed by atoms with Gasteiger partial charge in [-0.2, -0.15) is 0 Å². The van der Waals surface area contributed by atoms with E-state index >= 15 is 0 Å². The summed E-state index contributed by atoms with van der Waals surface area (Å²) in [4.78, 5) is 24.5. The summed E-state index contributed by atoms with van der Waals surface area (Å²) < 4.78 is 5.20. The number of rotatable bonds is 8. The summed E-state index contributed by atoms with van der Waals surface area (Å²) in [5, 5.41) is 5.71. The third-order valence-corrected chi connectivity index (χ3v) is 4.54. The molecule has 0 aromatic carbocycles. The van der Waals surface area contributed by atoms with Crippen LogP contribution in [-0.4, -0.2) is 17.9 Å². The number of furan rings is 1. The summed E-state index contributed by atoms with van der Waals surface area (Å²) in [6.45, 7) is 4.22. The monoisotopic (exact) mass is 320 g/mol. The van der Waals surface area contributed by atoms with Gasteiger partial charge in [0.2, 0.25) is 11.8 Å². The maximum atomic E-state index is 12.3. The number of nitrogens with one attached hydrogen (secondary N) is 2. The Kier molecular flexibility index (Phi) is 6.68. The topological polar surface area (TPSA) is 71.3 Å². The molecule has 0 saturated heterocycles. The van der Waals surface area contributed by atoms with E-state index in [0.29, 0.717) is 24.6 Å². The minimum atomic E-state index is -0.499. The van der Waals surface area contributed by atoms with Gasteiger partial charge in [-0.15, -0.1) is 0 Å². The lowest BCUT2D eigenvalue weighted by molar-refractivity contribution is -0.130. The molecule has 23 heavy (non-hydrogen) atoms. The molecule has 0 aliphatic heterocycles. The first-order chi connectivity index (χ1) is 11.1. The molecule has 1 aliphatic rings. The van der Waals surface area contributed by atoms with Gasteiger partial charge in [-0.05, 0) is 30.4 Å². The van der Waals surface area contributed by atoms with Gasteiger partial charge in [-0.25, -0.2) is 0 Å². The zero-order chi connectivity index (χ0) is 16.7. The van der Waals surface area contributed by atoms with Crippen molar-refractivity contribution in [3.05, 3.63) is 24.2 Å². The summed E-state index contributed by atoms with van der Waals surface area (Å²) >= 11 is 0. The van der Waals surface area contributed by atoms with Crippen molar-refractivity contribution < 1.29 is 14.0 Å². The molecule has 0 radical (unpaired) electrons. The molecule has 2 N–H and O–H groups in total. The van der Waals surface area contributed by atoms with E-state index in [-0.39, 0.29) is 17.7 Å². The van der Waals surface area contributed by atoms with Crippen molar-refractivity contribution in [3.63, 3.8) is 0 Å². The average Bonchev–Trinajstić information content (AvgIpc) is 3.20.